The minimum Gasteiger partial charge on any atom is -0.200 e. The Balaban J connectivity index is 0.000000130. The van der Waals surface area contributed by atoms with Gasteiger partial charge < -0.3 is 0 Å². The molecule has 9 aromatic carbocycles. The molecule has 3 aromatic heterocycles. The van der Waals surface area contributed by atoms with Crippen molar-refractivity contribution in [1.82, 2.24) is 0 Å². The van der Waals surface area contributed by atoms with Crippen LogP contribution in [0.25, 0.3) is 66.1 Å². The van der Waals surface area contributed by atoms with Crippen molar-refractivity contribution in [2.24, 2.45) is 21.1 Å². The molecule has 4 aliphatic rings. The summed E-state index contributed by atoms with van der Waals surface area (Å²) in [5, 5.41) is 17.1. The van der Waals surface area contributed by atoms with Crippen LogP contribution in [0.4, 0.5) is 0 Å². The average molecular weight is 1390 g/mol. The zero-order chi connectivity index (χ0) is 71.0. The van der Waals surface area contributed by atoms with Gasteiger partial charge in [-0.1, -0.05) is 273 Å². The lowest BCUT2D eigenvalue weighted by Crippen LogP contribution is -2.52. The molecule has 0 amide bonds. The summed E-state index contributed by atoms with van der Waals surface area (Å²) < 4.78 is 7.01. The van der Waals surface area contributed by atoms with E-state index in [0.717, 1.165) is 23.7 Å². The molecule has 6 heteroatoms. The number of hydrogen-bond acceptors (Lipinski definition) is 0. The van der Waals surface area contributed by atoms with Crippen molar-refractivity contribution in [3.05, 3.63) is 269 Å². The van der Waals surface area contributed by atoms with Gasteiger partial charge in [-0.3, -0.25) is 0 Å². The highest BCUT2D eigenvalue weighted by Gasteiger charge is 2.33. The van der Waals surface area contributed by atoms with E-state index in [1.165, 1.54) is 233 Å². The van der Waals surface area contributed by atoms with Crippen molar-refractivity contribution in [1.29, 1.82) is 0 Å². The molecule has 4 saturated carbocycles. The van der Waals surface area contributed by atoms with Gasteiger partial charge in [-0.25, -0.2) is 13.7 Å². The maximum Gasteiger partial charge on any atom is 0.220 e. The lowest BCUT2D eigenvalue weighted by molar-refractivity contribution is -0.659. The van der Waals surface area contributed by atoms with Gasteiger partial charge in [-0.05, 0) is 200 Å². The van der Waals surface area contributed by atoms with E-state index in [9.17, 15) is 0 Å². The second kappa shape index (κ2) is 29.9. The van der Waals surface area contributed by atoms with Gasteiger partial charge in [-0.2, -0.15) is 0 Å². The standard InChI is InChI=1S/C35H42NSi.C31H36NSi.C30H34NSi/c1-25-33(27-14-10-11-15-27)23-29(26-12-8-9-13-26)24-34(25)35-32-19-18-31(22-28(32)20-21-36(35)2)37(3,4)30-16-6-5-7-17-30;1-22-19-26(24-11-9-10-12-24)21-30(23(22)2)31-29-16-15-28(20-25(29)17-18-32(31)3)33(4,5)27-13-7-6-8-14-27;1-22-14-15-24(23-10-8-9-11-23)21-29(22)30-28-17-16-27(20-25(28)18-19-31(30)2)32(3,4)26-12-6-5-7-13-26/h5-7,16-24,26-27H,8-15H2,1-4H3;6-8,13-21,24H,9-12H2,1-5H3;5-7,12-21,23H,8-11H2,1-4H3/q3*+1. The van der Waals surface area contributed by atoms with Gasteiger partial charge in [0.1, 0.15) is 45.4 Å². The number of hydrogen-bond donors (Lipinski definition) is 0. The zero-order valence-electron chi connectivity index (χ0n) is 63.8. The monoisotopic (exact) mass is 1390 g/mol. The van der Waals surface area contributed by atoms with Gasteiger partial charge in [0.2, 0.25) is 17.1 Å². The van der Waals surface area contributed by atoms with Crippen molar-refractivity contribution < 1.29 is 13.7 Å². The molecule has 16 rings (SSSR count). The molecule has 12 aromatic rings. The number of nitrogens with zero attached hydrogens (tertiary/aromatic N) is 3. The Morgan fingerprint density at radius 1 is 0.275 bits per heavy atom. The van der Waals surface area contributed by atoms with Crippen LogP contribution in [0.2, 0.25) is 39.3 Å². The number of rotatable bonds is 13. The van der Waals surface area contributed by atoms with Crippen LogP contribution in [0.3, 0.4) is 0 Å². The molecule has 3 heterocycles. The third kappa shape index (κ3) is 14.2. The normalized spacial score (nSPS) is 15.7. The van der Waals surface area contributed by atoms with Gasteiger partial charge in [-0.15, -0.1) is 0 Å². The van der Waals surface area contributed by atoms with Crippen LogP contribution in [-0.2, 0) is 21.1 Å². The minimum absolute atomic E-state index is 0.729. The molecule has 0 spiro atoms. The van der Waals surface area contributed by atoms with E-state index < -0.39 is 24.2 Å². The summed E-state index contributed by atoms with van der Waals surface area (Å²) in [4.78, 5) is 0. The van der Waals surface area contributed by atoms with Gasteiger partial charge in [0.05, 0.1) is 27.3 Å². The SMILES string of the molecule is Cc1c(-c2c3ccc([Si](C)(C)c4ccccc4)cc3cc[n+]2C)cc(C2CCCC2)cc1C1CCCC1.Cc1cc(C2CCCC2)cc(-c2c3ccc([Si](C)(C)c4ccccc4)cc3cc[n+]2C)c1C.Cc1ccc(C2CCCC2)cc1-c1c2ccc([Si](C)(C)c3ccccc3)cc2cc[n+]1C. The molecule has 3 nitrogen and oxygen atoms in total. The van der Waals surface area contributed by atoms with Gasteiger partial charge in [0, 0.05) is 23.8 Å². The number of fused-ring (bicyclic) bond motifs is 3. The van der Waals surface area contributed by atoms with Crippen molar-refractivity contribution in [2.75, 3.05) is 0 Å². The number of benzene rings is 9. The van der Waals surface area contributed by atoms with E-state index in [2.05, 4.69) is 327 Å². The Morgan fingerprint density at radius 3 is 0.980 bits per heavy atom. The van der Waals surface area contributed by atoms with Crippen molar-refractivity contribution in [3.63, 3.8) is 0 Å². The smallest absolute Gasteiger partial charge is 0.200 e. The zero-order valence-corrected chi connectivity index (χ0v) is 66.8. The average Bonchev–Trinajstić information content (AvgIpc) is 0.935. The molecule has 0 radical (unpaired) electrons. The Bertz CT molecular complexity index is 5010. The van der Waals surface area contributed by atoms with Crippen LogP contribution in [0, 0.1) is 27.7 Å². The maximum atomic E-state index is 2.63. The fraction of sp³-hybridized carbons (Fsp3) is 0.344. The molecule has 520 valence electrons. The quantitative estimate of drug-likeness (QED) is 0.0805. The van der Waals surface area contributed by atoms with Gasteiger partial charge >= 0.3 is 0 Å². The van der Waals surface area contributed by atoms with Gasteiger partial charge in [0.25, 0.3) is 0 Å². The summed E-state index contributed by atoms with van der Waals surface area (Å²) in [6.07, 6.45) is 28.6. The van der Waals surface area contributed by atoms with E-state index in [0.29, 0.717) is 0 Å². The number of aromatic nitrogens is 3. The van der Waals surface area contributed by atoms with Crippen LogP contribution in [0.1, 0.15) is 171 Å². The number of pyridine rings is 3. The van der Waals surface area contributed by atoms with Crippen LogP contribution in [-0.4, -0.2) is 24.2 Å². The van der Waals surface area contributed by atoms with Crippen LogP contribution < -0.4 is 44.8 Å². The van der Waals surface area contributed by atoms with Crippen molar-refractivity contribution >= 4 is 87.7 Å². The highest BCUT2D eigenvalue weighted by atomic mass is 28.3. The van der Waals surface area contributed by atoms with Crippen LogP contribution in [0.5, 0.6) is 0 Å². The Kier molecular flexibility index (Phi) is 20.8. The topological polar surface area (TPSA) is 11.6 Å². The molecule has 0 bridgehead atoms. The van der Waals surface area contributed by atoms with Gasteiger partial charge in [0.15, 0.2) is 18.6 Å². The molecular weight excluding hydrogens is 1280 g/mol. The first-order valence-electron chi connectivity index (χ1n) is 39.1. The molecule has 0 atom stereocenters. The molecule has 4 aliphatic carbocycles. The molecule has 102 heavy (non-hydrogen) atoms. The first-order valence-corrected chi connectivity index (χ1v) is 48.1. The van der Waals surface area contributed by atoms with E-state index in [4.69, 9.17) is 0 Å². The third-order valence-corrected chi connectivity index (χ3v) is 36.1. The Hall–Kier alpha value is -8.14. The fourth-order valence-electron chi connectivity index (χ4n) is 18.6. The summed E-state index contributed by atoms with van der Waals surface area (Å²) in [6.45, 7) is 24.1. The lowest BCUT2D eigenvalue weighted by Gasteiger charge is -2.24. The predicted molar refractivity (Wildman–Crippen MR) is 445 cm³/mol. The van der Waals surface area contributed by atoms with Crippen molar-refractivity contribution in [2.45, 2.75) is 193 Å². The van der Waals surface area contributed by atoms with E-state index >= 15 is 0 Å². The summed E-state index contributed by atoms with van der Waals surface area (Å²) in [5.74, 6) is 2.94. The molecule has 0 N–H and O–H groups in total. The molecule has 0 unspecified atom stereocenters. The molecule has 4 fully saturated rings. The fourth-order valence-corrected chi connectivity index (χ4v) is 25.7. The van der Waals surface area contributed by atoms with E-state index in [1.807, 2.05) is 0 Å². The second-order valence-corrected chi connectivity index (χ2v) is 46.2. The predicted octanol–water partition coefficient (Wildman–Crippen LogP) is 20.3. The summed E-state index contributed by atoms with van der Waals surface area (Å²) in [6, 6.07) is 79.3. The third-order valence-electron chi connectivity index (χ3n) is 25.5. The lowest BCUT2D eigenvalue weighted by atomic mass is 9.84. The largest absolute Gasteiger partial charge is 0.220 e. The highest BCUT2D eigenvalue weighted by molar-refractivity contribution is 7.01. The van der Waals surface area contributed by atoms with Crippen LogP contribution >= 0.6 is 0 Å². The maximum absolute atomic E-state index is 2.63. The number of aryl methyl sites for hydroxylation is 5. The second-order valence-electron chi connectivity index (χ2n) is 33.0. The Morgan fingerprint density at radius 2 is 0.598 bits per heavy atom. The highest BCUT2D eigenvalue weighted by Crippen LogP contribution is 2.45. The summed E-state index contributed by atoms with van der Waals surface area (Å²) in [5.41, 5.74) is 20.3. The molecule has 0 saturated heterocycles. The summed E-state index contributed by atoms with van der Waals surface area (Å²) in [7, 11) is 1.40. The Labute approximate surface area is 614 Å². The van der Waals surface area contributed by atoms with E-state index in [-0.39, 0.29) is 0 Å². The first kappa shape index (κ1) is 70.9. The molecule has 0 aliphatic heterocycles. The molecular formula is C96H112N3Si3+3. The van der Waals surface area contributed by atoms with Crippen LogP contribution in [0.15, 0.2) is 225 Å². The van der Waals surface area contributed by atoms with E-state index in [1.54, 1.807) is 11.1 Å². The van der Waals surface area contributed by atoms with Crippen molar-refractivity contribution in [3.8, 4) is 33.8 Å². The first-order chi connectivity index (χ1) is 49.2. The summed E-state index contributed by atoms with van der Waals surface area (Å²) >= 11 is 0. The minimum atomic E-state index is -1.75.